The second-order valence-corrected chi connectivity index (χ2v) is 17.5. The minimum atomic E-state index is -0.328. The number of hydrogen-bond acceptors (Lipinski definition) is 3. The van der Waals surface area contributed by atoms with Crippen LogP contribution in [0, 0.1) is 63.1 Å². The smallest absolute Gasteiger partial charge is 0.164 e. The number of carbonyl (C=O) groups is 1. The van der Waals surface area contributed by atoms with Crippen LogP contribution in [-0.2, 0) is 16.6 Å². The maximum Gasteiger partial charge on any atom is 0.164 e. The summed E-state index contributed by atoms with van der Waals surface area (Å²) >= 11 is 0. The number of ketones is 1. The number of rotatable bonds is 1. The lowest BCUT2D eigenvalue weighted by atomic mass is 9.31. The molecule has 1 aromatic rings. The molecule has 2 heterocycles. The van der Waals surface area contributed by atoms with Gasteiger partial charge in [0, 0.05) is 23.7 Å². The van der Waals surface area contributed by atoms with Crippen molar-refractivity contribution in [2.45, 2.75) is 119 Å². The third kappa shape index (κ3) is 3.18. The van der Waals surface area contributed by atoms with Gasteiger partial charge in [-0.2, -0.15) is 5.10 Å². The summed E-state index contributed by atoms with van der Waals surface area (Å²) in [6, 6.07) is 0. The van der Waals surface area contributed by atoms with E-state index >= 15 is 0 Å². The number of Topliss-reactive ketones (excluding diaryl/α,β-unsaturated/α-hetero) is 1. The standard InChI is InChI=1S/C36H54N2O2/c1-22-24(20-37-38(22)9)18-23-19-33(6)26(32(4,5)29(23)39)12-13-35(8)27(33)11-10-25-28-30-31(2,3)14-16-36(28,21-40-30)17-15-34(25,35)7/h18,20,25-28,30H,10-17,19,21H2,1-9H3/b23-18+/t25-,26-,27-,28-,30-,33+,34-,35-,36-/m1/s1. The first-order valence-corrected chi connectivity index (χ1v) is 16.5. The Balaban J connectivity index is 1.28. The normalized spacial score (nSPS) is 49.7. The van der Waals surface area contributed by atoms with E-state index in [2.05, 4.69) is 66.6 Å². The first kappa shape index (κ1) is 27.4. The molecule has 1 aromatic heterocycles. The summed E-state index contributed by atoms with van der Waals surface area (Å²) in [4.78, 5) is 14.1. The summed E-state index contributed by atoms with van der Waals surface area (Å²) in [6.07, 6.45) is 16.0. The van der Waals surface area contributed by atoms with Crippen LogP contribution in [0.15, 0.2) is 11.8 Å². The van der Waals surface area contributed by atoms with Crippen molar-refractivity contribution in [3.05, 3.63) is 23.0 Å². The van der Waals surface area contributed by atoms with Crippen LogP contribution in [-0.4, -0.2) is 28.3 Å². The summed E-state index contributed by atoms with van der Waals surface area (Å²) in [7, 11) is 1.99. The molecule has 4 nitrogen and oxygen atoms in total. The molecule has 7 rings (SSSR count). The third-order valence-electron chi connectivity index (χ3n) is 15.3. The van der Waals surface area contributed by atoms with Crippen LogP contribution in [0.5, 0.6) is 0 Å². The van der Waals surface area contributed by atoms with Crippen LogP contribution in [0.1, 0.15) is 118 Å². The lowest BCUT2D eigenvalue weighted by Crippen LogP contribution is -2.67. The molecule has 0 spiro atoms. The van der Waals surface area contributed by atoms with Crippen LogP contribution in [0.4, 0.5) is 0 Å². The fraction of sp³-hybridized carbons (Fsp3) is 0.833. The van der Waals surface area contributed by atoms with Crippen molar-refractivity contribution in [3.63, 3.8) is 0 Å². The van der Waals surface area contributed by atoms with Crippen LogP contribution in [0.3, 0.4) is 0 Å². The Kier molecular flexibility index (Phi) is 5.58. The molecule has 0 N–H and O–H groups in total. The van der Waals surface area contributed by atoms with Gasteiger partial charge < -0.3 is 4.74 Å². The van der Waals surface area contributed by atoms with Crippen molar-refractivity contribution < 1.29 is 9.53 Å². The molecule has 5 saturated carbocycles. The predicted octanol–water partition coefficient (Wildman–Crippen LogP) is 8.18. The monoisotopic (exact) mass is 546 g/mol. The largest absolute Gasteiger partial charge is 0.377 e. The van der Waals surface area contributed by atoms with Gasteiger partial charge in [-0.25, -0.2) is 0 Å². The highest BCUT2D eigenvalue weighted by molar-refractivity contribution is 6.04. The summed E-state index contributed by atoms with van der Waals surface area (Å²) in [5.41, 5.74) is 4.46. The molecule has 0 radical (unpaired) electrons. The number of aryl methyl sites for hydroxylation is 1. The maximum absolute atomic E-state index is 14.1. The zero-order valence-corrected chi connectivity index (χ0v) is 26.8. The van der Waals surface area contributed by atoms with Gasteiger partial charge in [0.25, 0.3) is 0 Å². The van der Waals surface area contributed by atoms with Gasteiger partial charge in [0.05, 0.1) is 18.9 Å². The molecule has 0 aromatic carbocycles. The number of fused-ring (bicyclic) bond motifs is 5. The first-order chi connectivity index (χ1) is 18.6. The summed E-state index contributed by atoms with van der Waals surface area (Å²) in [6.45, 7) is 20.6. The molecule has 9 atom stereocenters. The van der Waals surface area contributed by atoms with Gasteiger partial charge in [-0.1, -0.05) is 48.5 Å². The van der Waals surface area contributed by atoms with E-state index in [0.29, 0.717) is 45.4 Å². The molecule has 4 heteroatoms. The minimum absolute atomic E-state index is 0.136. The van der Waals surface area contributed by atoms with E-state index in [1.54, 1.807) is 0 Å². The zero-order valence-electron chi connectivity index (χ0n) is 26.8. The highest BCUT2D eigenvalue weighted by Gasteiger charge is 2.73. The molecule has 6 fully saturated rings. The second-order valence-electron chi connectivity index (χ2n) is 17.5. The number of carbonyl (C=O) groups excluding carboxylic acids is 1. The number of ether oxygens (including phenoxy) is 1. The Morgan fingerprint density at radius 3 is 2.35 bits per heavy atom. The van der Waals surface area contributed by atoms with Crippen LogP contribution in [0.2, 0.25) is 0 Å². The van der Waals surface area contributed by atoms with E-state index in [1.165, 1.54) is 51.4 Å². The predicted molar refractivity (Wildman–Crippen MR) is 160 cm³/mol. The van der Waals surface area contributed by atoms with E-state index in [0.717, 1.165) is 41.7 Å². The summed E-state index contributed by atoms with van der Waals surface area (Å²) in [5.74, 6) is 2.96. The Bertz CT molecular complexity index is 1290. The number of hydrogen-bond donors (Lipinski definition) is 0. The first-order valence-electron chi connectivity index (χ1n) is 16.5. The van der Waals surface area contributed by atoms with Gasteiger partial charge >= 0.3 is 0 Å². The van der Waals surface area contributed by atoms with Crippen molar-refractivity contribution in [1.82, 2.24) is 9.78 Å². The molecule has 2 bridgehead atoms. The van der Waals surface area contributed by atoms with E-state index < -0.39 is 0 Å². The van der Waals surface area contributed by atoms with Crippen molar-refractivity contribution in [1.29, 1.82) is 0 Å². The second kappa shape index (κ2) is 8.14. The molecule has 1 aliphatic heterocycles. The van der Waals surface area contributed by atoms with Gasteiger partial charge in [0.2, 0.25) is 0 Å². The Hall–Kier alpha value is -1.42. The van der Waals surface area contributed by atoms with Crippen molar-refractivity contribution >= 4 is 11.9 Å². The van der Waals surface area contributed by atoms with E-state index in [1.807, 2.05) is 17.9 Å². The fourth-order valence-corrected chi connectivity index (χ4v) is 12.8. The Morgan fingerprint density at radius 2 is 1.65 bits per heavy atom. The quantitative estimate of drug-likeness (QED) is 0.334. The highest BCUT2D eigenvalue weighted by Crippen LogP contribution is 2.78. The molecule has 220 valence electrons. The number of aromatic nitrogens is 2. The SMILES string of the molecule is Cc1c(/C=C2\C[C@@]3(C)[C@H](CC[C@]4(C)[C@@H]3CC[C@@H]3[C@@H]5[C@H]6OC[C@@]5(CCC6(C)C)CC[C@]34C)C(C)(C)C2=O)cnn1C. The fourth-order valence-electron chi connectivity index (χ4n) is 12.8. The molecular weight excluding hydrogens is 492 g/mol. The van der Waals surface area contributed by atoms with Crippen molar-refractivity contribution in [2.24, 2.45) is 63.2 Å². The minimum Gasteiger partial charge on any atom is -0.377 e. The van der Waals surface area contributed by atoms with Crippen molar-refractivity contribution in [3.8, 4) is 0 Å². The molecule has 40 heavy (non-hydrogen) atoms. The molecular formula is C36H54N2O2. The lowest BCUT2D eigenvalue weighted by Gasteiger charge is -2.73. The van der Waals surface area contributed by atoms with E-state index in [9.17, 15) is 4.79 Å². The Morgan fingerprint density at radius 1 is 0.925 bits per heavy atom. The van der Waals surface area contributed by atoms with Gasteiger partial charge in [0.15, 0.2) is 5.78 Å². The summed E-state index contributed by atoms with van der Waals surface area (Å²) in [5, 5.41) is 4.48. The van der Waals surface area contributed by atoms with Crippen LogP contribution < -0.4 is 0 Å². The zero-order chi connectivity index (χ0) is 28.7. The van der Waals surface area contributed by atoms with Crippen LogP contribution in [0.25, 0.3) is 6.08 Å². The number of nitrogens with zero attached hydrogens (tertiary/aromatic N) is 2. The van der Waals surface area contributed by atoms with Gasteiger partial charge in [-0.3, -0.25) is 9.48 Å². The molecule has 0 amide bonds. The third-order valence-corrected chi connectivity index (χ3v) is 15.3. The maximum atomic E-state index is 14.1. The lowest BCUT2D eigenvalue weighted by molar-refractivity contribution is -0.236. The molecule has 1 saturated heterocycles. The van der Waals surface area contributed by atoms with Crippen LogP contribution >= 0.6 is 0 Å². The Labute approximate surface area is 243 Å². The molecule has 6 aliphatic rings. The topological polar surface area (TPSA) is 44.1 Å². The average Bonchev–Trinajstić information content (AvgIpc) is 3.39. The number of allylic oxidation sites excluding steroid dienone is 1. The van der Waals surface area contributed by atoms with Gasteiger partial charge in [-0.15, -0.1) is 0 Å². The van der Waals surface area contributed by atoms with Gasteiger partial charge in [0.1, 0.15) is 0 Å². The molecule has 0 unspecified atom stereocenters. The average molecular weight is 547 g/mol. The van der Waals surface area contributed by atoms with Gasteiger partial charge in [-0.05, 0) is 127 Å². The van der Waals surface area contributed by atoms with E-state index in [-0.39, 0.29) is 10.8 Å². The molecule has 5 aliphatic carbocycles. The summed E-state index contributed by atoms with van der Waals surface area (Å²) < 4.78 is 8.69. The van der Waals surface area contributed by atoms with E-state index in [4.69, 9.17) is 4.74 Å². The highest BCUT2D eigenvalue weighted by atomic mass is 16.5. The van der Waals surface area contributed by atoms with Crippen molar-refractivity contribution in [2.75, 3.05) is 6.61 Å².